The fourth-order valence-electron chi connectivity index (χ4n) is 3.05. The predicted molar refractivity (Wildman–Crippen MR) is 112 cm³/mol. The zero-order valence-electron chi connectivity index (χ0n) is 16.8. The topological polar surface area (TPSA) is 68.8 Å². The van der Waals surface area contributed by atoms with Gasteiger partial charge < -0.3 is 4.84 Å². The van der Waals surface area contributed by atoms with Crippen molar-refractivity contribution in [1.82, 2.24) is 14.6 Å². The van der Waals surface area contributed by atoms with Gasteiger partial charge >= 0.3 is 5.97 Å². The Bertz CT molecular complexity index is 1270. The van der Waals surface area contributed by atoms with Crippen LogP contribution in [-0.2, 0) is 4.84 Å². The number of carbonyl (C=O) groups excluding carboxylic acids is 1. The number of benzene rings is 2. The van der Waals surface area contributed by atoms with Crippen LogP contribution in [0.25, 0.3) is 16.9 Å². The van der Waals surface area contributed by atoms with Crippen LogP contribution in [0.1, 0.15) is 40.5 Å². The number of aromatic nitrogens is 3. The molecule has 0 aliphatic heterocycles. The molecular weight excluding hydrogens is 402 g/mol. The van der Waals surface area contributed by atoms with E-state index in [1.54, 1.807) is 19.1 Å². The van der Waals surface area contributed by atoms with Crippen LogP contribution < -0.4 is 0 Å². The molecular formula is C23H18F2N4O2. The Morgan fingerprint density at radius 2 is 1.81 bits per heavy atom. The van der Waals surface area contributed by atoms with Crippen molar-refractivity contribution in [3.05, 3.63) is 89.2 Å². The van der Waals surface area contributed by atoms with Crippen molar-refractivity contribution in [2.75, 3.05) is 0 Å². The molecule has 2 aromatic carbocycles. The molecule has 4 aromatic rings. The third kappa shape index (κ3) is 4.18. The number of alkyl halides is 2. The lowest BCUT2D eigenvalue weighted by Crippen LogP contribution is -2.07. The van der Waals surface area contributed by atoms with Gasteiger partial charge in [0, 0.05) is 5.56 Å². The number of aryl methyl sites for hydroxylation is 1. The Kier molecular flexibility index (Phi) is 5.53. The van der Waals surface area contributed by atoms with Crippen LogP contribution in [0.5, 0.6) is 0 Å². The summed E-state index contributed by atoms with van der Waals surface area (Å²) in [5, 5.41) is 7.78. The minimum absolute atomic E-state index is 0.0223. The van der Waals surface area contributed by atoms with Gasteiger partial charge in [-0.1, -0.05) is 65.3 Å². The number of hydrogen-bond acceptors (Lipinski definition) is 5. The summed E-state index contributed by atoms with van der Waals surface area (Å²) in [5.74, 6) is -0.834. The minimum Gasteiger partial charge on any atom is -0.312 e. The number of carbonyl (C=O) groups is 1. The van der Waals surface area contributed by atoms with Crippen molar-refractivity contribution >= 4 is 17.3 Å². The summed E-state index contributed by atoms with van der Waals surface area (Å²) < 4.78 is 28.3. The Balaban J connectivity index is 1.73. The van der Waals surface area contributed by atoms with E-state index in [0.29, 0.717) is 17.0 Å². The fourth-order valence-corrected chi connectivity index (χ4v) is 3.05. The lowest BCUT2D eigenvalue weighted by atomic mass is 10.1. The van der Waals surface area contributed by atoms with E-state index in [1.165, 1.54) is 6.07 Å². The highest BCUT2D eigenvalue weighted by molar-refractivity contribution is 6.00. The first-order chi connectivity index (χ1) is 14.9. The summed E-state index contributed by atoms with van der Waals surface area (Å²) in [5.41, 5.74) is 2.81. The second kappa shape index (κ2) is 8.43. The number of fused-ring (bicyclic) bond motifs is 1. The maximum Gasteiger partial charge on any atom is 0.371 e. The van der Waals surface area contributed by atoms with Gasteiger partial charge in [-0.2, -0.15) is 5.10 Å². The number of oxime groups is 1. The molecule has 0 aliphatic carbocycles. The molecule has 0 amide bonds. The van der Waals surface area contributed by atoms with Crippen molar-refractivity contribution in [2.45, 2.75) is 20.3 Å². The molecule has 2 aromatic heterocycles. The van der Waals surface area contributed by atoms with Gasteiger partial charge in [0.05, 0.1) is 17.6 Å². The number of rotatable bonds is 5. The molecule has 0 saturated carbocycles. The van der Waals surface area contributed by atoms with Crippen molar-refractivity contribution < 1.29 is 18.4 Å². The Labute approximate surface area is 176 Å². The third-order valence-corrected chi connectivity index (χ3v) is 4.75. The molecule has 2 heterocycles. The van der Waals surface area contributed by atoms with Gasteiger partial charge in [0.2, 0.25) is 0 Å². The quantitative estimate of drug-likeness (QED) is 0.252. The Morgan fingerprint density at radius 3 is 2.48 bits per heavy atom. The van der Waals surface area contributed by atoms with Gasteiger partial charge in [-0.25, -0.2) is 23.1 Å². The summed E-state index contributed by atoms with van der Waals surface area (Å²) in [4.78, 5) is 22.1. The normalized spacial score (nSPS) is 11.8. The first-order valence-electron chi connectivity index (χ1n) is 9.49. The SMILES string of the molecule is CC(=NOC(=O)c1cnn2c(C(F)F)cc(-c3ccc(C)cc3)nc12)c1ccccc1. The second-order valence-corrected chi connectivity index (χ2v) is 6.95. The molecule has 0 atom stereocenters. The molecule has 8 heteroatoms. The summed E-state index contributed by atoms with van der Waals surface area (Å²) in [6, 6.07) is 17.7. The average Bonchev–Trinajstić information content (AvgIpc) is 3.21. The average molecular weight is 420 g/mol. The number of nitrogens with zero attached hydrogens (tertiary/aromatic N) is 4. The van der Waals surface area contributed by atoms with E-state index in [4.69, 9.17) is 4.84 Å². The van der Waals surface area contributed by atoms with E-state index in [1.807, 2.05) is 49.4 Å². The Morgan fingerprint density at radius 1 is 1.10 bits per heavy atom. The van der Waals surface area contributed by atoms with Crippen LogP contribution in [-0.4, -0.2) is 26.3 Å². The van der Waals surface area contributed by atoms with Gasteiger partial charge in [0.15, 0.2) is 5.65 Å². The molecule has 156 valence electrons. The van der Waals surface area contributed by atoms with E-state index in [9.17, 15) is 13.6 Å². The molecule has 0 N–H and O–H groups in total. The Hall–Kier alpha value is -3.94. The zero-order chi connectivity index (χ0) is 22.0. The lowest BCUT2D eigenvalue weighted by molar-refractivity contribution is 0.0518. The molecule has 31 heavy (non-hydrogen) atoms. The van der Waals surface area contributed by atoms with Crippen molar-refractivity contribution in [2.24, 2.45) is 5.16 Å². The molecule has 0 unspecified atom stereocenters. The first kappa shape index (κ1) is 20.3. The minimum atomic E-state index is -2.81. The van der Waals surface area contributed by atoms with Crippen LogP contribution in [0.3, 0.4) is 0 Å². The largest absolute Gasteiger partial charge is 0.371 e. The summed E-state index contributed by atoms with van der Waals surface area (Å²) in [6.45, 7) is 3.62. The molecule has 0 bridgehead atoms. The predicted octanol–water partition coefficient (Wildman–Crippen LogP) is 5.22. The highest BCUT2D eigenvalue weighted by Gasteiger charge is 2.22. The van der Waals surface area contributed by atoms with Gasteiger partial charge in [-0.3, -0.25) is 0 Å². The van der Waals surface area contributed by atoms with Gasteiger partial charge in [-0.15, -0.1) is 0 Å². The maximum absolute atomic E-state index is 13.7. The molecule has 6 nitrogen and oxygen atoms in total. The highest BCUT2D eigenvalue weighted by Crippen LogP contribution is 2.27. The summed E-state index contributed by atoms with van der Waals surface area (Å²) in [6.07, 6.45) is -1.65. The van der Waals surface area contributed by atoms with E-state index >= 15 is 0 Å². The van der Waals surface area contributed by atoms with E-state index < -0.39 is 12.4 Å². The van der Waals surface area contributed by atoms with Crippen LogP contribution in [0.15, 0.2) is 72.0 Å². The number of hydrogen-bond donors (Lipinski definition) is 0. The van der Waals surface area contributed by atoms with Gasteiger partial charge in [0.25, 0.3) is 6.43 Å². The first-order valence-corrected chi connectivity index (χ1v) is 9.49. The van der Waals surface area contributed by atoms with E-state index in [-0.39, 0.29) is 16.9 Å². The van der Waals surface area contributed by atoms with Crippen LogP contribution in [0.4, 0.5) is 8.78 Å². The monoisotopic (exact) mass is 420 g/mol. The van der Waals surface area contributed by atoms with Gasteiger partial charge in [0.1, 0.15) is 11.3 Å². The summed E-state index contributed by atoms with van der Waals surface area (Å²) >= 11 is 0. The smallest absolute Gasteiger partial charge is 0.312 e. The maximum atomic E-state index is 13.7. The third-order valence-electron chi connectivity index (χ3n) is 4.75. The number of halogens is 2. The molecule has 4 rings (SSSR count). The zero-order valence-corrected chi connectivity index (χ0v) is 16.8. The van der Waals surface area contributed by atoms with Crippen molar-refractivity contribution in [3.63, 3.8) is 0 Å². The highest BCUT2D eigenvalue weighted by atomic mass is 19.3. The van der Waals surface area contributed by atoms with E-state index in [0.717, 1.165) is 21.8 Å². The summed E-state index contributed by atoms with van der Waals surface area (Å²) in [7, 11) is 0. The van der Waals surface area contributed by atoms with Crippen molar-refractivity contribution in [3.8, 4) is 11.3 Å². The van der Waals surface area contributed by atoms with Gasteiger partial charge in [-0.05, 0) is 25.5 Å². The molecule has 0 fully saturated rings. The molecule has 0 saturated heterocycles. The van der Waals surface area contributed by atoms with Crippen molar-refractivity contribution in [1.29, 1.82) is 0 Å². The van der Waals surface area contributed by atoms with E-state index in [2.05, 4.69) is 15.2 Å². The standard InChI is InChI=1S/C23H18F2N4O2/c1-14-8-10-17(11-9-14)19-12-20(21(24)25)29-22(27-19)18(13-26-29)23(30)31-28-15(2)16-6-4-3-5-7-16/h3-13,21H,1-2H3. The van der Waals surface area contributed by atoms with Crippen LogP contribution in [0, 0.1) is 6.92 Å². The molecule has 0 aliphatic rings. The lowest BCUT2D eigenvalue weighted by Gasteiger charge is -2.08. The fraction of sp³-hybridized carbons (Fsp3) is 0.130. The molecule has 0 radical (unpaired) electrons. The van der Waals surface area contributed by atoms with Crippen LogP contribution in [0.2, 0.25) is 0 Å². The molecule has 0 spiro atoms. The van der Waals surface area contributed by atoms with Crippen LogP contribution >= 0.6 is 0 Å². The second-order valence-electron chi connectivity index (χ2n) is 6.95.